The van der Waals surface area contributed by atoms with E-state index in [2.05, 4.69) is 33.9 Å². The highest BCUT2D eigenvalue weighted by atomic mass is 16.7. The van der Waals surface area contributed by atoms with E-state index in [-0.39, 0.29) is 5.57 Å². The Morgan fingerprint density at radius 2 is 1.61 bits per heavy atom. The van der Waals surface area contributed by atoms with Crippen molar-refractivity contribution >= 4 is 0 Å². The van der Waals surface area contributed by atoms with Gasteiger partial charge in [-0.15, -0.1) is 0 Å². The van der Waals surface area contributed by atoms with Crippen molar-refractivity contribution in [3.8, 4) is 0 Å². The molecular weight excluding hydrogens is 384 g/mol. The molecule has 8 atom stereocenters. The van der Waals surface area contributed by atoms with E-state index in [0.29, 0.717) is 28.7 Å². The third-order valence-corrected chi connectivity index (χ3v) is 11.1. The zero-order chi connectivity index (χ0) is 22.6. The van der Waals surface area contributed by atoms with E-state index in [1.807, 2.05) is 0 Å². The molecule has 3 N–H and O–H groups in total. The molecule has 1 unspecified atom stereocenters. The molecule has 0 heterocycles. The zero-order valence-electron chi connectivity index (χ0n) is 20.2. The average molecular weight is 431 g/mol. The molecule has 4 aliphatic carbocycles. The quantitative estimate of drug-likeness (QED) is 0.347. The van der Waals surface area contributed by atoms with Crippen molar-refractivity contribution in [3.05, 3.63) is 24.3 Å². The summed E-state index contributed by atoms with van der Waals surface area (Å²) in [5.41, 5.74) is 1.53. The van der Waals surface area contributed by atoms with Crippen LogP contribution in [0.1, 0.15) is 97.8 Å². The molecule has 0 spiro atoms. The molecule has 0 aromatic carbocycles. The molecule has 3 heteroatoms. The maximum Gasteiger partial charge on any atom is 0.304 e. The molecule has 0 amide bonds. The van der Waals surface area contributed by atoms with Crippen molar-refractivity contribution in [1.29, 1.82) is 0 Å². The maximum atomic E-state index is 9.39. The molecule has 3 nitrogen and oxygen atoms in total. The summed E-state index contributed by atoms with van der Waals surface area (Å²) in [6.45, 7) is 15.2. The van der Waals surface area contributed by atoms with Gasteiger partial charge in [0.05, 0.1) is 0 Å². The van der Waals surface area contributed by atoms with Gasteiger partial charge < -0.3 is 15.3 Å². The molecule has 31 heavy (non-hydrogen) atoms. The largest absolute Gasteiger partial charge is 0.340 e. The van der Waals surface area contributed by atoms with Crippen LogP contribution in [0.25, 0.3) is 0 Å². The van der Waals surface area contributed by atoms with Gasteiger partial charge in [0, 0.05) is 5.57 Å². The molecule has 0 aromatic rings. The van der Waals surface area contributed by atoms with Gasteiger partial charge in [-0.25, -0.2) is 0 Å². The summed E-state index contributed by atoms with van der Waals surface area (Å²) in [6.07, 6.45) is 16.0. The first kappa shape index (κ1) is 23.5. The number of hydrogen-bond donors (Lipinski definition) is 3. The SMILES string of the molecule is C=C(CC[C@@H](C)[C@H]1CC[C@H]2[C@@H]3CCC4CCCC[C@]4(C)[C@H]3CC[C@]12C)C(=C)C(O)(O)O. The second kappa shape index (κ2) is 8.29. The molecule has 0 bridgehead atoms. The first-order valence-electron chi connectivity index (χ1n) is 13.0. The van der Waals surface area contributed by atoms with Gasteiger partial charge in [0.1, 0.15) is 0 Å². The number of fused-ring (bicyclic) bond motifs is 5. The number of hydrogen-bond acceptors (Lipinski definition) is 3. The normalized spacial score (nSPS) is 43.5. The van der Waals surface area contributed by atoms with Crippen molar-refractivity contribution in [2.75, 3.05) is 0 Å². The summed E-state index contributed by atoms with van der Waals surface area (Å²) in [4.78, 5) is 0. The summed E-state index contributed by atoms with van der Waals surface area (Å²) in [6, 6.07) is 0. The predicted molar refractivity (Wildman–Crippen MR) is 126 cm³/mol. The Bertz CT molecular complexity index is 706. The Balaban J connectivity index is 1.43. The predicted octanol–water partition coefficient (Wildman–Crippen LogP) is 6.19. The fraction of sp³-hybridized carbons (Fsp3) is 0.857. The molecule has 4 saturated carbocycles. The summed E-state index contributed by atoms with van der Waals surface area (Å²) in [5, 5.41) is 28.2. The Kier molecular flexibility index (Phi) is 6.29. The lowest BCUT2D eigenvalue weighted by Gasteiger charge is -2.61. The van der Waals surface area contributed by atoms with Crippen LogP contribution in [0.15, 0.2) is 24.3 Å². The van der Waals surface area contributed by atoms with E-state index in [0.717, 1.165) is 36.0 Å². The highest BCUT2D eigenvalue weighted by Gasteiger charge is 2.60. The Morgan fingerprint density at radius 3 is 2.32 bits per heavy atom. The highest BCUT2D eigenvalue weighted by Crippen LogP contribution is 2.68. The van der Waals surface area contributed by atoms with Crippen LogP contribution in [0.5, 0.6) is 0 Å². The summed E-state index contributed by atoms with van der Waals surface area (Å²) < 4.78 is 0. The minimum Gasteiger partial charge on any atom is -0.340 e. The van der Waals surface area contributed by atoms with Crippen LogP contribution in [0.2, 0.25) is 0 Å². The fourth-order valence-electron chi connectivity index (χ4n) is 9.26. The summed E-state index contributed by atoms with van der Waals surface area (Å²) in [5.74, 6) is 2.21. The molecule has 0 aliphatic heterocycles. The highest BCUT2D eigenvalue weighted by molar-refractivity contribution is 5.28. The van der Waals surface area contributed by atoms with Crippen LogP contribution in [0.3, 0.4) is 0 Å². The number of rotatable bonds is 6. The van der Waals surface area contributed by atoms with Gasteiger partial charge in [-0.2, -0.15) is 0 Å². The molecule has 176 valence electrons. The monoisotopic (exact) mass is 430 g/mol. The lowest BCUT2D eigenvalue weighted by Crippen LogP contribution is -2.53. The fourth-order valence-corrected chi connectivity index (χ4v) is 9.26. The van der Waals surface area contributed by atoms with E-state index in [9.17, 15) is 15.3 Å². The Morgan fingerprint density at radius 1 is 0.903 bits per heavy atom. The summed E-state index contributed by atoms with van der Waals surface area (Å²) >= 11 is 0. The lowest BCUT2D eigenvalue weighted by molar-refractivity contribution is -0.280. The van der Waals surface area contributed by atoms with E-state index in [1.165, 1.54) is 64.2 Å². The van der Waals surface area contributed by atoms with Crippen LogP contribution < -0.4 is 0 Å². The first-order chi connectivity index (χ1) is 14.5. The molecule has 0 aromatic heterocycles. The number of aliphatic hydroxyl groups is 3. The zero-order valence-corrected chi connectivity index (χ0v) is 20.2. The van der Waals surface area contributed by atoms with Gasteiger partial charge in [-0.3, -0.25) is 0 Å². The molecule has 4 fully saturated rings. The second-order valence-electron chi connectivity index (χ2n) is 12.4. The van der Waals surface area contributed by atoms with Crippen molar-refractivity contribution in [3.63, 3.8) is 0 Å². The topological polar surface area (TPSA) is 60.7 Å². The van der Waals surface area contributed by atoms with Crippen LogP contribution in [-0.2, 0) is 0 Å². The molecule has 4 rings (SSSR count). The molecular formula is C28H46O3. The van der Waals surface area contributed by atoms with E-state index in [1.54, 1.807) is 0 Å². The van der Waals surface area contributed by atoms with Gasteiger partial charge in [0.2, 0.25) is 0 Å². The molecule has 4 aliphatic rings. The standard InChI is InChI=1S/C28H46O3/c1-18(20(3)28(29,30)31)9-10-19(2)23-13-14-24-22-12-11-21-8-6-7-16-26(21,4)25(22)15-17-27(23,24)5/h19,21-25,29-31H,1,3,6-17H2,2,4-5H3/t19-,21?,22+,23-,24+,25+,26+,27-/m1/s1. The van der Waals surface area contributed by atoms with Crippen molar-refractivity contribution < 1.29 is 15.3 Å². The Labute approximate surface area is 190 Å². The van der Waals surface area contributed by atoms with Gasteiger partial charge in [0.15, 0.2) is 0 Å². The van der Waals surface area contributed by atoms with Gasteiger partial charge >= 0.3 is 5.97 Å². The third-order valence-electron chi connectivity index (χ3n) is 11.1. The van der Waals surface area contributed by atoms with Crippen LogP contribution in [0, 0.1) is 46.3 Å². The molecule has 0 radical (unpaired) electrons. The second-order valence-corrected chi connectivity index (χ2v) is 12.4. The van der Waals surface area contributed by atoms with Crippen LogP contribution >= 0.6 is 0 Å². The Hall–Kier alpha value is -0.640. The lowest BCUT2D eigenvalue weighted by atomic mass is 9.44. The van der Waals surface area contributed by atoms with Crippen molar-refractivity contribution in [1.82, 2.24) is 0 Å². The van der Waals surface area contributed by atoms with Crippen molar-refractivity contribution in [2.24, 2.45) is 46.3 Å². The average Bonchev–Trinajstić information content (AvgIpc) is 3.07. The van der Waals surface area contributed by atoms with Crippen LogP contribution in [0.4, 0.5) is 0 Å². The first-order valence-corrected chi connectivity index (χ1v) is 13.0. The van der Waals surface area contributed by atoms with E-state index >= 15 is 0 Å². The van der Waals surface area contributed by atoms with Gasteiger partial charge in [0.25, 0.3) is 0 Å². The minimum atomic E-state index is -2.85. The van der Waals surface area contributed by atoms with E-state index in [4.69, 9.17) is 0 Å². The smallest absolute Gasteiger partial charge is 0.304 e. The van der Waals surface area contributed by atoms with E-state index < -0.39 is 5.97 Å². The van der Waals surface area contributed by atoms with Gasteiger partial charge in [-0.1, -0.05) is 46.8 Å². The van der Waals surface area contributed by atoms with Crippen molar-refractivity contribution in [2.45, 2.75) is 104 Å². The maximum absolute atomic E-state index is 9.39. The summed E-state index contributed by atoms with van der Waals surface area (Å²) in [7, 11) is 0. The van der Waals surface area contributed by atoms with Gasteiger partial charge in [-0.05, 0) is 116 Å². The van der Waals surface area contributed by atoms with Crippen LogP contribution in [-0.4, -0.2) is 21.3 Å². The molecule has 0 saturated heterocycles. The minimum absolute atomic E-state index is 0.0757. The third kappa shape index (κ3) is 3.97.